The summed E-state index contributed by atoms with van der Waals surface area (Å²) in [6, 6.07) is 11.6. The lowest BCUT2D eigenvalue weighted by molar-refractivity contribution is -0.117. The summed E-state index contributed by atoms with van der Waals surface area (Å²) in [6.45, 7) is 4.53. The lowest BCUT2D eigenvalue weighted by Gasteiger charge is -2.32. The number of pyridine rings is 1. The Bertz CT molecular complexity index is 1850. The topological polar surface area (TPSA) is 163 Å². The Hall–Kier alpha value is -5.35. The predicted molar refractivity (Wildman–Crippen MR) is 176 cm³/mol. The first-order valence-electron chi connectivity index (χ1n) is 15.7. The van der Waals surface area contributed by atoms with Crippen molar-refractivity contribution in [1.29, 1.82) is 5.26 Å². The fraction of sp³-hybridized carbons (Fsp3) is 0.382. The van der Waals surface area contributed by atoms with Crippen molar-refractivity contribution >= 4 is 29.0 Å². The number of piperidine rings is 1. The van der Waals surface area contributed by atoms with E-state index in [0.717, 1.165) is 66.9 Å². The first-order valence-corrected chi connectivity index (χ1v) is 15.7. The van der Waals surface area contributed by atoms with Crippen molar-refractivity contribution < 1.29 is 14.3 Å². The monoisotopic (exact) mass is 634 g/mol. The van der Waals surface area contributed by atoms with E-state index >= 15 is 0 Å². The van der Waals surface area contributed by atoms with Crippen LogP contribution in [0.2, 0.25) is 0 Å². The average molecular weight is 635 g/mol. The van der Waals surface area contributed by atoms with E-state index in [0.29, 0.717) is 35.2 Å². The lowest BCUT2D eigenvalue weighted by Crippen LogP contribution is -2.33. The molecule has 3 N–H and O–H groups in total. The molecule has 1 saturated carbocycles. The molecule has 1 aliphatic carbocycles. The van der Waals surface area contributed by atoms with Gasteiger partial charge in [-0.3, -0.25) is 24.2 Å². The van der Waals surface area contributed by atoms with Crippen molar-refractivity contribution in [1.82, 2.24) is 35.2 Å². The summed E-state index contributed by atoms with van der Waals surface area (Å²) in [5, 5.41) is 31.3. The van der Waals surface area contributed by atoms with Gasteiger partial charge in [-0.2, -0.15) is 10.4 Å². The van der Waals surface area contributed by atoms with Gasteiger partial charge in [0.2, 0.25) is 5.91 Å². The third-order valence-corrected chi connectivity index (χ3v) is 8.87. The molecule has 4 aromatic rings. The number of carbonyl (C=O) groups is 2. The highest BCUT2D eigenvalue weighted by Gasteiger charge is 2.30. The Kier molecular flexibility index (Phi) is 9.12. The second-order valence-electron chi connectivity index (χ2n) is 12.1. The van der Waals surface area contributed by atoms with Gasteiger partial charge in [-0.1, -0.05) is 6.07 Å². The van der Waals surface area contributed by atoms with Crippen LogP contribution in [-0.2, 0) is 18.4 Å². The zero-order valence-electron chi connectivity index (χ0n) is 27.0. The number of nitriles is 1. The number of anilines is 3. The van der Waals surface area contributed by atoms with Gasteiger partial charge in [0.05, 0.1) is 35.8 Å². The number of aromatic nitrogens is 5. The molecule has 13 nitrogen and oxygen atoms in total. The molecule has 0 spiro atoms. The normalized spacial score (nSPS) is 15.1. The van der Waals surface area contributed by atoms with E-state index in [-0.39, 0.29) is 23.3 Å². The molecule has 1 aromatic carbocycles. The van der Waals surface area contributed by atoms with Gasteiger partial charge in [-0.05, 0) is 69.5 Å². The molecule has 1 aliphatic heterocycles. The number of hydrogen-bond donors (Lipinski definition) is 3. The number of nitrogens with one attached hydrogen (secondary N) is 3. The maximum Gasteiger partial charge on any atom is 0.273 e. The van der Waals surface area contributed by atoms with Crippen LogP contribution in [0.4, 0.5) is 17.2 Å². The highest BCUT2D eigenvalue weighted by atomic mass is 16.5. The van der Waals surface area contributed by atoms with Gasteiger partial charge in [-0.15, -0.1) is 10.2 Å². The number of carbonyl (C=O) groups excluding carboxylic acids is 2. The number of aryl methyl sites for hydroxylation is 2. The smallest absolute Gasteiger partial charge is 0.273 e. The molecule has 4 heterocycles. The number of ether oxygens (including phenoxy) is 1. The second-order valence-corrected chi connectivity index (χ2v) is 12.1. The summed E-state index contributed by atoms with van der Waals surface area (Å²) >= 11 is 0. The molecule has 1 saturated heterocycles. The Morgan fingerprint density at radius 3 is 2.57 bits per heavy atom. The number of hydrogen-bond acceptors (Lipinski definition) is 10. The first kappa shape index (κ1) is 31.6. The molecule has 2 aliphatic rings. The van der Waals surface area contributed by atoms with Crippen LogP contribution in [0.15, 0.2) is 42.7 Å². The number of amides is 2. The molecule has 13 heteroatoms. The summed E-state index contributed by atoms with van der Waals surface area (Å²) < 4.78 is 7.93. The van der Waals surface area contributed by atoms with E-state index in [9.17, 15) is 14.9 Å². The fourth-order valence-corrected chi connectivity index (χ4v) is 6.14. The molecule has 0 unspecified atom stereocenters. The molecule has 242 valence electrons. The van der Waals surface area contributed by atoms with E-state index in [4.69, 9.17) is 9.84 Å². The second kappa shape index (κ2) is 13.6. The van der Waals surface area contributed by atoms with E-state index in [1.807, 2.05) is 30.8 Å². The van der Waals surface area contributed by atoms with Gasteiger partial charge < -0.3 is 20.7 Å². The number of benzene rings is 1. The maximum atomic E-state index is 12.7. The molecular weight excluding hydrogens is 596 g/mol. The van der Waals surface area contributed by atoms with Crippen LogP contribution in [-0.4, -0.2) is 68.9 Å². The molecule has 47 heavy (non-hydrogen) atoms. The van der Waals surface area contributed by atoms with Crippen LogP contribution >= 0.6 is 0 Å². The van der Waals surface area contributed by atoms with Gasteiger partial charge in [-0.25, -0.2) is 0 Å². The average Bonchev–Trinajstić information content (AvgIpc) is 3.87. The highest BCUT2D eigenvalue weighted by molar-refractivity contribution is 6.00. The SMILES string of the molecule is CNC(=O)c1nnc(NC(=O)C2CC2)cc1Nc1ccc(C)c(-c2cc(C3CCN(Cc4cnccc4C#N)CC3)n(C)n2)c1OC. The number of methoxy groups -OCH3 is 1. The van der Waals surface area contributed by atoms with E-state index < -0.39 is 5.91 Å². The number of likely N-dealkylation sites (tertiary alicyclic amines) is 1. The molecular formula is C34H38N10O3. The molecule has 0 radical (unpaired) electrons. The minimum absolute atomic E-state index is 0.00754. The minimum Gasteiger partial charge on any atom is -0.494 e. The van der Waals surface area contributed by atoms with E-state index in [1.54, 1.807) is 31.6 Å². The maximum absolute atomic E-state index is 12.7. The summed E-state index contributed by atoms with van der Waals surface area (Å²) in [5.74, 6) is 0.625. The van der Waals surface area contributed by atoms with Crippen molar-refractivity contribution in [3.8, 4) is 23.1 Å². The van der Waals surface area contributed by atoms with Crippen molar-refractivity contribution in [2.24, 2.45) is 13.0 Å². The van der Waals surface area contributed by atoms with E-state index in [2.05, 4.69) is 48.2 Å². The van der Waals surface area contributed by atoms with Crippen LogP contribution in [0.1, 0.15) is 64.5 Å². The van der Waals surface area contributed by atoms with Crippen LogP contribution in [0.3, 0.4) is 0 Å². The number of rotatable bonds is 10. The van der Waals surface area contributed by atoms with E-state index in [1.165, 1.54) is 7.05 Å². The Morgan fingerprint density at radius 2 is 1.87 bits per heavy atom. The largest absolute Gasteiger partial charge is 0.494 e. The quantitative estimate of drug-likeness (QED) is 0.229. The van der Waals surface area contributed by atoms with Crippen molar-refractivity contribution in [3.63, 3.8) is 0 Å². The summed E-state index contributed by atoms with van der Waals surface area (Å²) in [7, 11) is 5.10. The van der Waals surface area contributed by atoms with Crippen molar-refractivity contribution in [2.75, 3.05) is 37.9 Å². The summed E-state index contributed by atoms with van der Waals surface area (Å²) in [4.78, 5) is 31.7. The van der Waals surface area contributed by atoms with Gasteiger partial charge >= 0.3 is 0 Å². The van der Waals surface area contributed by atoms with Gasteiger partial charge in [0.15, 0.2) is 17.3 Å². The molecule has 2 amide bonds. The molecule has 3 aromatic heterocycles. The van der Waals surface area contributed by atoms with Crippen LogP contribution in [0, 0.1) is 24.2 Å². The van der Waals surface area contributed by atoms with Gasteiger partial charge in [0.1, 0.15) is 0 Å². The lowest BCUT2D eigenvalue weighted by atomic mass is 9.92. The van der Waals surface area contributed by atoms with Crippen molar-refractivity contribution in [2.45, 2.75) is 45.1 Å². The predicted octanol–water partition coefficient (Wildman–Crippen LogP) is 4.29. The zero-order valence-corrected chi connectivity index (χ0v) is 27.0. The Labute approximate surface area is 273 Å². The van der Waals surface area contributed by atoms with Gasteiger partial charge in [0, 0.05) is 67.8 Å². The van der Waals surface area contributed by atoms with Crippen LogP contribution in [0.25, 0.3) is 11.3 Å². The molecule has 0 atom stereocenters. The third-order valence-electron chi connectivity index (χ3n) is 8.87. The third kappa shape index (κ3) is 6.78. The first-order chi connectivity index (χ1) is 22.8. The molecule has 2 fully saturated rings. The van der Waals surface area contributed by atoms with Crippen LogP contribution < -0.4 is 20.7 Å². The summed E-state index contributed by atoms with van der Waals surface area (Å²) in [5.41, 5.74) is 6.44. The van der Waals surface area contributed by atoms with Gasteiger partial charge in [0.25, 0.3) is 5.91 Å². The Morgan fingerprint density at radius 1 is 1.09 bits per heavy atom. The molecule has 0 bridgehead atoms. The highest BCUT2D eigenvalue weighted by Crippen LogP contribution is 2.42. The minimum atomic E-state index is -0.419. The van der Waals surface area contributed by atoms with Crippen LogP contribution in [0.5, 0.6) is 5.75 Å². The number of nitrogens with zero attached hydrogens (tertiary/aromatic N) is 7. The standard InChI is InChI=1S/C34H38N10O3/c1-20-5-8-25(38-27-16-29(39-33(45)22-6-7-22)40-41-31(27)34(46)36-2)32(47-4)30(20)26-15-28(43(3)42-26)21-10-13-44(14-11-21)19-24-18-37-12-9-23(24)17-35/h5,8-9,12,15-16,18,21-22H,6-7,10-11,13-14,19H2,1-4H3,(H,36,46)(H2,38,39,40,45). The fourth-order valence-electron chi connectivity index (χ4n) is 6.14. The van der Waals surface area contributed by atoms with Crippen molar-refractivity contribution in [3.05, 3.63) is 70.8 Å². The molecule has 6 rings (SSSR count). The zero-order chi connectivity index (χ0) is 33.1. The Balaban J connectivity index is 1.24. The summed E-state index contributed by atoms with van der Waals surface area (Å²) in [6.07, 6.45) is 7.09.